The zero-order valence-corrected chi connectivity index (χ0v) is 12.7. The number of hydrogen-bond donors (Lipinski definition) is 2. The average Bonchev–Trinajstić information content (AvgIpc) is 2.66. The van der Waals surface area contributed by atoms with Crippen molar-refractivity contribution in [3.05, 3.63) is 31.6 Å². The Labute approximate surface area is 127 Å². The molecule has 0 saturated carbocycles. The van der Waals surface area contributed by atoms with Crippen LogP contribution in [0.3, 0.4) is 0 Å². The lowest BCUT2D eigenvalue weighted by atomic mass is 10.1. The van der Waals surface area contributed by atoms with Crippen molar-refractivity contribution in [2.45, 2.75) is 38.6 Å². The number of aromatic amines is 2. The second kappa shape index (κ2) is 5.77. The van der Waals surface area contributed by atoms with Gasteiger partial charge in [-0.15, -0.1) is 0 Å². The zero-order chi connectivity index (χ0) is 14.9. The van der Waals surface area contributed by atoms with Crippen LogP contribution >= 0.6 is 11.6 Å². The molecule has 1 atom stereocenters. The van der Waals surface area contributed by atoms with E-state index >= 15 is 0 Å². The third-order valence-corrected chi connectivity index (χ3v) is 4.89. The lowest BCUT2D eigenvalue weighted by molar-refractivity contribution is -0.858. The summed E-state index contributed by atoms with van der Waals surface area (Å²) in [5, 5.41) is 0.0938. The van der Waals surface area contributed by atoms with Crippen LogP contribution in [-0.2, 0) is 6.54 Å². The van der Waals surface area contributed by atoms with Crippen molar-refractivity contribution in [1.29, 1.82) is 0 Å². The monoisotopic (exact) mass is 311 g/mol. The van der Waals surface area contributed by atoms with E-state index in [4.69, 9.17) is 16.6 Å². The van der Waals surface area contributed by atoms with Crippen LogP contribution < -0.4 is 11.2 Å². The number of nitrogens with one attached hydrogen (secondary N) is 2. The predicted octanol–water partition coefficient (Wildman–Crippen LogP) is 1.41. The number of quaternary nitrogens is 1. The van der Waals surface area contributed by atoms with Crippen molar-refractivity contribution in [1.82, 2.24) is 9.97 Å². The quantitative estimate of drug-likeness (QED) is 0.810. The van der Waals surface area contributed by atoms with Crippen molar-refractivity contribution in [3.63, 3.8) is 0 Å². The number of rotatable bonds is 2. The summed E-state index contributed by atoms with van der Waals surface area (Å²) in [6.45, 7) is 3.44. The molecule has 3 rings (SSSR count). The molecule has 0 bridgehead atoms. The van der Waals surface area contributed by atoms with Crippen molar-refractivity contribution < 1.29 is 4.48 Å². The molecule has 6 nitrogen and oxygen atoms in total. The highest BCUT2D eigenvalue weighted by Gasteiger charge is 2.38. The maximum absolute atomic E-state index is 11.7. The Kier molecular flexibility index (Phi) is 3.99. The molecule has 2 aliphatic rings. The lowest BCUT2D eigenvalue weighted by Crippen LogP contribution is -2.55. The lowest BCUT2D eigenvalue weighted by Gasteiger charge is -2.39. The van der Waals surface area contributed by atoms with Crippen LogP contribution in [0.4, 0.5) is 0 Å². The molecule has 1 unspecified atom stereocenters. The Bertz CT molecular complexity index is 678. The van der Waals surface area contributed by atoms with E-state index in [0.29, 0.717) is 12.2 Å². The Balaban J connectivity index is 2.01. The van der Waals surface area contributed by atoms with Gasteiger partial charge in [0, 0.05) is 19.4 Å². The van der Waals surface area contributed by atoms with Crippen LogP contribution in [-0.4, -0.2) is 39.9 Å². The molecule has 0 aromatic carbocycles. The Morgan fingerprint density at radius 1 is 1.10 bits per heavy atom. The highest BCUT2D eigenvalue weighted by atomic mass is 35.5. The van der Waals surface area contributed by atoms with Crippen LogP contribution in [0.25, 0.3) is 0 Å². The molecule has 0 amide bonds. The van der Waals surface area contributed by atoms with E-state index < -0.39 is 11.2 Å². The molecule has 2 N–H and O–H groups in total. The van der Waals surface area contributed by atoms with Crippen molar-refractivity contribution in [2.75, 3.05) is 19.6 Å². The Hall–Kier alpha value is -1.40. The van der Waals surface area contributed by atoms with Gasteiger partial charge in [0.25, 0.3) is 5.56 Å². The molecular weight excluding hydrogens is 292 g/mol. The smallest absolute Gasteiger partial charge is 0.305 e. The molecule has 0 radical (unpaired) electrons. The summed E-state index contributed by atoms with van der Waals surface area (Å²) in [5.74, 6) is 1.20. The minimum Gasteiger partial charge on any atom is -0.305 e. The predicted molar refractivity (Wildman–Crippen MR) is 81.8 cm³/mol. The Morgan fingerprint density at radius 3 is 2.76 bits per heavy atom. The van der Waals surface area contributed by atoms with Gasteiger partial charge in [-0.05, 0) is 19.3 Å². The van der Waals surface area contributed by atoms with E-state index in [1.807, 2.05) is 0 Å². The molecule has 0 spiro atoms. The van der Waals surface area contributed by atoms with Gasteiger partial charge in [0.1, 0.15) is 11.6 Å². The van der Waals surface area contributed by atoms with Gasteiger partial charge >= 0.3 is 5.69 Å². The summed E-state index contributed by atoms with van der Waals surface area (Å²) in [7, 11) is 0. The first-order valence-electron chi connectivity index (χ1n) is 7.52. The third kappa shape index (κ3) is 2.82. The molecule has 1 fully saturated rings. The Morgan fingerprint density at radius 2 is 1.90 bits per heavy atom. The normalized spacial score (nSPS) is 25.9. The summed E-state index contributed by atoms with van der Waals surface area (Å²) in [6.07, 6.45) is 5.56. The van der Waals surface area contributed by atoms with Crippen molar-refractivity contribution in [2.24, 2.45) is 4.99 Å². The number of hydrogen-bond acceptors (Lipinski definition) is 3. The fraction of sp³-hybridized carbons (Fsp3) is 0.643. The molecule has 1 aromatic heterocycles. The molecule has 1 aromatic rings. The van der Waals surface area contributed by atoms with Gasteiger partial charge in [-0.3, -0.25) is 14.3 Å². The van der Waals surface area contributed by atoms with Crippen LogP contribution in [0.2, 0.25) is 5.02 Å². The van der Waals surface area contributed by atoms with Gasteiger partial charge < -0.3 is 4.98 Å². The number of nitrogens with zero attached hydrogens (tertiary/aromatic N) is 2. The van der Waals surface area contributed by atoms with Crippen LogP contribution in [0.15, 0.2) is 14.6 Å². The SMILES string of the molecule is O=c1[nH]c(C[N+]23CCCCCC2=NCCC3)c(Cl)c(=O)[nH]1. The molecule has 21 heavy (non-hydrogen) atoms. The van der Waals surface area contributed by atoms with Gasteiger partial charge in [0.05, 0.1) is 18.8 Å². The summed E-state index contributed by atoms with van der Waals surface area (Å²) < 4.78 is 0.749. The number of aromatic nitrogens is 2. The van der Waals surface area contributed by atoms with E-state index in [1.165, 1.54) is 18.7 Å². The highest BCUT2D eigenvalue weighted by Crippen LogP contribution is 2.28. The number of aliphatic imine (C=N–C) groups is 1. The van der Waals surface area contributed by atoms with Gasteiger partial charge in [0.2, 0.25) is 0 Å². The fourth-order valence-electron chi connectivity index (χ4n) is 3.47. The van der Waals surface area contributed by atoms with Crippen LogP contribution in [0.5, 0.6) is 0 Å². The molecule has 1 saturated heterocycles. The molecule has 7 heteroatoms. The molecule has 114 valence electrons. The second-order valence-electron chi connectivity index (χ2n) is 5.91. The van der Waals surface area contributed by atoms with Crippen LogP contribution in [0.1, 0.15) is 37.8 Å². The zero-order valence-electron chi connectivity index (χ0n) is 12.0. The molecule has 3 heterocycles. The van der Waals surface area contributed by atoms with E-state index in [1.54, 1.807) is 0 Å². The fourth-order valence-corrected chi connectivity index (χ4v) is 3.63. The largest absolute Gasteiger partial charge is 0.326 e. The van der Waals surface area contributed by atoms with E-state index in [-0.39, 0.29) is 5.02 Å². The molecular formula is C14H20ClN4O2+. The number of fused-ring (bicyclic) bond motifs is 1. The van der Waals surface area contributed by atoms with Crippen molar-refractivity contribution in [3.8, 4) is 0 Å². The minimum atomic E-state index is -0.515. The maximum Gasteiger partial charge on any atom is 0.326 e. The summed E-state index contributed by atoms with van der Waals surface area (Å²) >= 11 is 6.09. The van der Waals surface area contributed by atoms with Gasteiger partial charge in [-0.2, -0.15) is 0 Å². The molecule has 0 aliphatic carbocycles. The minimum absolute atomic E-state index is 0.0938. The number of halogens is 1. The second-order valence-corrected chi connectivity index (χ2v) is 6.29. The van der Waals surface area contributed by atoms with Crippen molar-refractivity contribution >= 4 is 17.4 Å². The van der Waals surface area contributed by atoms with E-state index in [2.05, 4.69) is 9.97 Å². The van der Waals surface area contributed by atoms with Gasteiger partial charge in [-0.1, -0.05) is 11.6 Å². The van der Waals surface area contributed by atoms with Gasteiger partial charge in [-0.25, -0.2) is 9.79 Å². The standard InChI is InChI=1S/C14H19ClN4O2/c15-12-10(17-14(21)18-13(12)20)9-19-7-3-1-2-5-11(19)16-6-4-8-19/h1-9H2,(H-,17,18,20,21)/p+1. The number of amidine groups is 1. The number of H-pyrrole nitrogens is 2. The maximum atomic E-state index is 11.7. The summed E-state index contributed by atoms with van der Waals surface area (Å²) in [6, 6.07) is 0. The summed E-state index contributed by atoms with van der Waals surface area (Å²) in [5.41, 5.74) is -0.483. The van der Waals surface area contributed by atoms with E-state index in [9.17, 15) is 9.59 Å². The topological polar surface area (TPSA) is 78.1 Å². The summed E-state index contributed by atoms with van der Waals surface area (Å²) in [4.78, 5) is 32.8. The first-order valence-corrected chi connectivity index (χ1v) is 7.89. The van der Waals surface area contributed by atoms with E-state index in [0.717, 1.165) is 43.4 Å². The molecule has 2 aliphatic heterocycles. The first-order chi connectivity index (χ1) is 10.1. The average molecular weight is 312 g/mol. The van der Waals surface area contributed by atoms with Gasteiger partial charge in [0.15, 0.2) is 5.84 Å². The highest BCUT2D eigenvalue weighted by molar-refractivity contribution is 6.30. The first kappa shape index (κ1) is 14.5. The third-order valence-electron chi connectivity index (χ3n) is 4.49. The van der Waals surface area contributed by atoms with Crippen LogP contribution in [0, 0.1) is 0 Å².